The zero-order chi connectivity index (χ0) is 15.6. The standard InChI is InChI=1S/C15H22F3N3/c1-20-4-3-10(8-20)9-21(2)15(7-19)11-5-13(17)14(18)6-12(11)16/h5-6,10,15H,3-4,7-9,19H2,1-2H3. The summed E-state index contributed by atoms with van der Waals surface area (Å²) in [5.41, 5.74) is 5.85. The minimum absolute atomic E-state index is 0.116. The maximum absolute atomic E-state index is 13.9. The van der Waals surface area contributed by atoms with Gasteiger partial charge in [-0.25, -0.2) is 13.2 Å². The molecule has 1 fully saturated rings. The van der Waals surface area contributed by atoms with E-state index in [1.54, 1.807) is 0 Å². The van der Waals surface area contributed by atoms with E-state index in [-0.39, 0.29) is 12.1 Å². The summed E-state index contributed by atoms with van der Waals surface area (Å²) in [5, 5.41) is 0. The van der Waals surface area contributed by atoms with Gasteiger partial charge in [0.2, 0.25) is 0 Å². The van der Waals surface area contributed by atoms with Gasteiger partial charge in [0.15, 0.2) is 11.6 Å². The Hall–Kier alpha value is -1.11. The summed E-state index contributed by atoms with van der Waals surface area (Å²) in [6.45, 7) is 2.94. The highest BCUT2D eigenvalue weighted by molar-refractivity contribution is 5.24. The quantitative estimate of drug-likeness (QED) is 0.844. The normalized spacial score (nSPS) is 21.2. The summed E-state index contributed by atoms with van der Waals surface area (Å²) in [7, 11) is 3.91. The molecule has 118 valence electrons. The number of benzene rings is 1. The summed E-state index contributed by atoms with van der Waals surface area (Å²) >= 11 is 0. The monoisotopic (exact) mass is 301 g/mol. The predicted octanol–water partition coefficient (Wildman–Crippen LogP) is 1.99. The molecule has 1 saturated heterocycles. The van der Waals surface area contributed by atoms with E-state index in [0.717, 1.165) is 32.1 Å². The lowest BCUT2D eigenvalue weighted by atomic mass is 10.0. The Bertz CT molecular complexity index is 495. The molecule has 2 atom stereocenters. The number of likely N-dealkylation sites (tertiary alicyclic amines) is 1. The Morgan fingerprint density at radius 3 is 2.52 bits per heavy atom. The second-order valence-corrected chi connectivity index (χ2v) is 5.90. The topological polar surface area (TPSA) is 32.5 Å². The van der Waals surface area contributed by atoms with Gasteiger partial charge in [-0.1, -0.05) is 0 Å². The van der Waals surface area contributed by atoms with Crippen LogP contribution in [0.5, 0.6) is 0 Å². The van der Waals surface area contributed by atoms with Crippen molar-refractivity contribution in [3.63, 3.8) is 0 Å². The van der Waals surface area contributed by atoms with Gasteiger partial charge in [-0.05, 0) is 39.0 Å². The van der Waals surface area contributed by atoms with Crippen LogP contribution in [0.25, 0.3) is 0 Å². The first kappa shape index (κ1) is 16.3. The Morgan fingerprint density at radius 2 is 1.95 bits per heavy atom. The SMILES string of the molecule is CN1CCC(CN(C)C(CN)c2cc(F)c(F)cc2F)C1. The van der Waals surface area contributed by atoms with Crippen LogP contribution < -0.4 is 5.73 Å². The molecule has 0 spiro atoms. The third-order valence-corrected chi connectivity index (χ3v) is 4.19. The Labute approximate surface area is 123 Å². The number of hydrogen-bond donors (Lipinski definition) is 1. The lowest BCUT2D eigenvalue weighted by molar-refractivity contribution is 0.207. The van der Waals surface area contributed by atoms with E-state index in [4.69, 9.17) is 5.73 Å². The first-order valence-electron chi connectivity index (χ1n) is 7.15. The molecule has 2 unspecified atom stereocenters. The number of hydrogen-bond acceptors (Lipinski definition) is 3. The van der Waals surface area contributed by atoms with Crippen molar-refractivity contribution in [2.45, 2.75) is 12.5 Å². The summed E-state index contributed by atoms with van der Waals surface area (Å²) in [6.07, 6.45) is 1.08. The average Bonchev–Trinajstić information content (AvgIpc) is 2.81. The fraction of sp³-hybridized carbons (Fsp3) is 0.600. The highest BCUT2D eigenvalue weighted by atomic mass is 19.2. The van der Waals surface area contributed by atoms with Gasteiger partial charge >= 0.3 is 0 Å². The molecular weight excluding hydrogens is 279 g/mol. The molecule has 0 aliphatic carbocycles. The molecule has 1 aromatic rings. The van der Waals surface area contributed by atoms with E-state index >= 15 is 0 Å². The summed E-state index contributed by atoms with van der Waals surface area (Å²) in [4.78, 5) is 4.17. The highest BCUT2D eigenvalue weighted by Gasteiger charge is 2.26. The molecule has 0 saturated carbocycles. The molecule has 0 radical (unpaired) electrons. The molecule has 2 N–H and O–H groups in total. The number of nitrogens with two attached hydrogens (primary N) is 1. The van der Waals surface area contributed by atoms with Gasteiger partial charge in [-0.2, -0.15) is 0 Å². The van der Waals surface area contributed by atoms with Crippen molar-refractivity contribution in [2.75, 3.05) is 40.3 Å². The predicted molar refractivity (Wildman–Crippen MR) is 76.3 cm³/mol. The number of likely N-dealkylation sites (N-methyl/N-ethyl adjacent to an activating group) is 1. The maximum Gasteiger partial charge on any atom is 0.161 e. The van der Waals surface area contributed by atoms with E-state index in [9.17, 15) is 13.2 Å². The van der Waals surface area contributed by atoms with Gasteiger partial charge < -0.3 is 10.6 Å². The molecule has 2 rings (SSSR count). The van der Waals surface area contributed by atoms with Crippen molar-refractivity contribution >= 4 is 0 Å². The van der Waals surface area contributed by atoms with Crippen molar-refractivity contribution in [2.24, 2.45) is 11.7 Å². The molecular formula is C15H22F3N3. The number of halogens is 3. The van der Waals surface area contributed by atoms with Crippen LogP contribution in [0.3, 0.4) is 0 Å². The van der Waals surface area contributed by atoms with Gasteiger partial charge in [0.1, 0.15) is 5.82 Å². The van der Waals surface area contributed by atoms with E-state index in [1.807, 2.05) is 11.9 Å². The zero-order valence-corrected chi connectivity index (χ0v) is 12.5. The second kappa shape index (κ2) is 6.77. The van der Waals surface area contributed by atoms with Crippen LogP contribution in [0.2, 0.25) is 0 Å². The van der Waals surface area contributed by atoms with E-state index in [0.29, 0.717) is 12.0 Å². The minimum Gasteiger partial charge on any atom is -0.329 e. The number of rotatable bonds is 5. The molecule has 3 nitrogen and oxygen atoms in total. The maximum atomic E-state index is 13.9. The van der Waals surface area contributed by atoms with Crippen molar-refractivity contribution in [1.29, 1.82) is 0 Å². The van der Waals surface area contributed by atoms with Crippen molar-refractivity contribution in [1.82, 2.24) is 9.80 Å². The molecule has 1 aliphatic heterocycles. The molecule has 1 aliphatic rings. The van der Waals surface area contributed by atoms with Crippen LogP contribution in [0.15, 0.2) is 12.1 Å². The molecule has 1 heterocycles. The van der Waals surface area contributed by atoms with E-state index in [1.165, 1.54) is 0 Å². The first-order valence-corrected chi connectivity index (χ1v) is 7.15. The molecule has 0 bridgehead atoms. The Balaban J connectivity index is 2.13. The largest absolute Gasteiger partial charge is 0.329 e. The minimum atomic E-state index is -1.17. The fourth-order valence-electron chi connectivity index (χ4n) is 3.05. The highest BCUT2D eigenvalue weighted by Crippen LogP contribution is 2.26. The molecule has 21 heavy (non-hydrogen) atoms. The molecule has 1 aromatic carbocycles. The third-order valence-electron chi connectivity index (χ3n) is 4.19. The van der Waals surface area contributed by atoms with Gasteiger partial charge in [-0.3, -0.25) is 4.90 Å². The second-order valence-electron chi connectivity index (χ2n) is 5.90. The van der Waals surface area contributed by atoms with Gasteiger partial charge in [0.05, 0.1) is 0 Å². The summed E-state index contributed by atoms with van der Waals surface area (Å²) in [6, 6.07) is 1.05. The van der Waals surface area contributed by atoms with Crippen LogP contribution in [-0.2, 0) is 0 Å². The molecule has 6 heteroatoms. The van der Waals surface area contributed by atoms with Crippen LogP contribution >= 0.6 is 0 Å². The van der Waals surface area contributed by atoms with Crippen molar-refractivity contribution < 1.29 is 13.2 Å². The lowest BCUT2D eigenvalue weighted by Gasteiger charge is -2.30. The summed E-state index contributed by atoms with van der Waals surface area (Å²) in [5.74, 6) is -2.48. The Kier molecular flexibility index (Phi) is 5.24. The summed E-state index contributed by atoms with van der Waals surface area (Å²) < 4.78 is 40.3. The van der Waals surface area contributed by atoms with Gasteiger partial charge in [-0.15, -0.1) is 0 Å². The lowest BCUT2D eigenvalue weighted by Crippen LogP contribution is -2.35. The van der Waals surface area contributed by atoms with Crippen LogP contribution in [0.4, 0.5) is 13.2 Å². The zero-order valence-electron chi connectivity index (χ0n) is 12.5. The van der Waals surface area contributed by atoms with Gasteiger partial charge in [0.25, 0.3) is 0 Å². The van der Waals surface area contributed by atoms with Crippen LogP contribution in [-0.4, -0.2) is 50.1 Å². The van der Waals surface area contributed by atoms with Gasteiger partial charge in [0, 0.05) is 37.3 Å². The van der Waals surface area contributed by atoms with Crippen LogP contribution in [0.1, 0.15) is 18.0 Å². The Morgan fingerprint density at radius 1 is 1.29 bits per heavy atom. The average molecular weight is 301 g/mol. The fourth-order valence-corrected chi connectivity index (χ4v) is 3.05. The molecule has 0 aromatic heterocycles. The van der Waals surface area contributed by atoms with Crippen molar-refractivity contribution in [3.8, 4) is 0 Å². The third kappa shape index (κ3) is 3.75. The first-order chi connectivity index (χ1) is 9.92. The number of nitrogens with zero attached hydrogens (tertiary/aromatic N) is 2. The van der Waals surface area contributed by atoms with Crippen LogP contribution in [0, 0.1) is 23.4 Å². The molecule has 0 amide bonds. The van der Waals surface area contributed by atoms with Crippen molar-refractivity contribution in [3.05, 3.63) is 35.1 Å². The smallest absolute Gasteiger partial charge is 0.161 e. The van der Waals surface area contributed by atoms with E-state index < -0.39 is 23.5 Å². The van der Waals surface area contributed by atoms with E-state index in [2.05, 4.69) is 11.9 Å².